The lowest BCUT2D eigenvalue weighted by molar-refractivity contribution is 0.584. The molecule has 0 amide bonds. The van der Waals surface area contributed by atoms with Gasteiger partial charge in [0.15, 0.2) is 0 Å². The Balaban J connectivity index is 2.74. The second kappa shape index (κ2) is 8.44. The van der Waals surface area contributed by atoms with E-state index in [-0.39, 0.29) is 0 Å². The first-order chi connectivity index (χ1) is 9.04. The lowest BCUT2D eigenvalue weighted by atomic mass is 10.1. The monoisotopic (exact) mass is 282 g/mol. The fourth-order valence-corrected chi connectivity index (χ4v) is 2.18. The number of nitrogens with zero attached hydrogens (tertiary/aromatic N) is 1. The summed E-state index contributed by atoms with van der Waals surface area (Å²) < 4.78 is 0. The van der Waals surface area contributed by atoms with Crippen molar-refractivity contribution in [3.63, 3.8) is 0 Å². The minimum absolute atomic E-state index is 0.725. The number of rotatable bonds is 8. The van der Waals surface area contributed by atoms with Gasteiger partial charge in [0.05, 0.1) is 0 Å². The molecule has 108 valence electrons. The minimum atomic E-state index is 0.725. The van der Waals surface area contributed by atoms with E-state index in [1.807, 2.05) is 6.07 Å². The molecule has 0 aliphatic rings. The highest BCUT2D eigenvalue weighted by atomic mass is 35.5. The summed E-state index contributed by atoms with van der Waals surface area (Å²) in [5.74, 6) is 0.725. The van der Waals surface area contributed by atoms with E-state index in [1.165, 1.54) is 17.7 Å². The SMILES string of the molecule is CCCNCc1ccc(Cl)cc1N(C)CCC(C)C. The molecule has 0 aliphatic heterocycles. The molecule has 19 heavy (non-hydrogen) atoms. The number of hydrogen-bond donors (Lipinski definition) is 1. The first-order valence-corrected chi connectivity index (χ1v) is 7.62. The van der Waals surface area contributed by atoms with Crippen LogP contribution in [0.3, 0.4) is 0 Å². The fraction of sp³-hybridized carbons (Fsp3) is 0.625. The molecule has 0 aliphatic carbocycles. The Hall–Kier alpha value is -0.730. The van der Waals surface area contributed by atoms with E-state index >= 15 is 0 Å². The summed E-state index contributed by atoms with van der Waals surface area (Å²) in [6.45, 7) is 9.73. The van der Waals surface area contributed by atoms with Crippen LogP contribution in [0.5, 0.6) is 0 Å². The molecule has 1 rings (SSSR count). The van der Waals surface area contributed by atoms with Crippen LogP contribution in [0.4, 0.5) is 5.69 Å². The summed E-state index contributed by atoms with van der Waals surface area (Å²) >= 11 is 6.14. The molecule has 0 unspecified atom stereocenters. The summed E-state index contributed by atoms with van der Waals surface area (Å²) in [5.41, 5.74) is 2.57. The van der Waals surface area contributed by atoms with Crippen LogP contribution in [0.25, 0.3) is 0 Å². The van der Waals surface area contributed by atoms with Crippen molar-refractivity contribution in [2.75, 3.05) is 25.0 Å². The minimum Gasteiger partial charge on any atom is -0.374 e. The number of nitrogens with one attached hydrogen (secondary N) is 1. The van der Waals surface area contributed by atoms with Crippen LogP contribution >= 0.6 is 11.6 Å². The predicted molar refractivity (Wildman–Crippen MR) is 86.2 cm³/mol. The Bertz CT molecular complexity index is 377. The molecule has 1 N–H and O–H groups in total. The van der Waals surface area contributed by atoms with E-state index in [2.05, 4.69) is 50.2 Å². The Kier molecular flexibility index (Phi) is 7.25. The molecule has 1 aromatic carbocycles. The summed E-state index contributed by atoms with van der Waals surface area (Å²) in [6, 6.07) is 6.18. The van der Waals surface area contributed by atoms with Gasteiger partial charge in [0.25, 0.3) is 0 Å². The average Bonchev–Trinajstić information content (AvgIpc) is 2.37. The molecule has 0 atom stereocenters. The van der Waals surface area contributed by atoms with Gasteiger partial charge < -0.3 is 10.2 Å². The van der Waals surface area contributed by atoms with Crippen LogP contribution in [0, 0.1) is 5.92 Å². The normalized spacial score (nSPS) is 11.1. The Morgan fingerprint density at radius 2 is 2.05 bits per heavy atom. The van der Waals surface area contributed by atoms with Gasteiger partial charge in [-0.05, 0) is 43.0 Å². The van der Waals surface area contributed by atoms with Crippen LogP contribution in [0.2, 0.25) is 5.02 Å². The van der Waals surface area contributed by atoms with Gasteiger partial charge in [-0.1, -0.05) is 38.4 Å². The Morgan fingerprint density at radius 1 is 1.32 bits per heavy atom. The van der Waals surface area contributed by atoms with E-state index in [1.54, 1.807) is 0 Å². The van der Waals surface area contributed by atoms with Gasteiger partial charge >= 0.3 is 0 Å². The van der Waals surface area contributed by atoms with Gasteiger partial charge in [0.2, 0.25) is 0 Å². The lowest BCUT2D eigenvalue weighted by Crippen LogP contribution is -2.23. The van der Waals surface area contributed by atoms with E-state index in [4.69, 9.17) is 11.6 Å². The summed E-state index contributed by atoms with van der Waals surface area (Å²) in [6.07, 6.45) is 2.36. The summed E-state index contributed by atoms with van der Waals surface area (Å²) in [4.78, 5) is 2.31. The van der Waals surface area contributed by atoms with Crippen LogP contribution in [-0.4, -0.2) is 20.1 Å². The van der Waals surface area contributed by atoms with Gasteiger partial charge in [0, 0.05) is 30.8 Å². The zero-order valence-corrected chi connectivity index (χ0v) is 13.4. The van der Waals surface area contributed by atoms with Crippen LogP contribution in [0.1, 0.15) is 39.2 Å². The molecular formula is C16H27ClN2. The highest BCUT2D eigenvalue weighted by molar-refractivity contribution is 6.30. The third-order valence-corrected chi connectivity index (χ3v) is 3.48. The van der Waals surface area contributed by atoms with Gasteiger partial charge in [-0.25, -0.2) is 0 Å². The van der Waals surface area contributed by atoms with Crippen molar-refractivity contribution in [3.8, 4) is 0 Å². The van der Waals surface area contributed by atoms with Gasteiger partial charge in [-0.15, -0.1) is 0 Å². The molecule has 0 radical (unpaired) electrons. The van der Waals surface area contributed by atoms with Crippen molar-refractivity contribution in [2.24, 2.45) is 5.92 Å². The highest BCUT2D eigenvalue weighted by Crippen LogP contribution is 2.24. The second-order valence-electron chi connectivity index (χ2n) is 5.55. The van der Waals surface area contributed by atoms with Crippen LogP contribution in [-0.2, 0) is 6.54 Å². The fourth-order valence-electron chi connectivity index (χ4n) is 2.01. The number of hydrogen-bond acceptors (Lipinski definition) is 2. The van der Waals surface area contributed by atoms with E-state index in [0.29, 0.717) is 0 Å². The van der Waals surface area contributed by atoms with E-state index in [9.17, 15) is 0 Å². The molecule has 0 saturated heterocycles. The molecule has 1 aromatic rings. The molecule has 0 bridgehead atoms. The van der Waals surface area contributed by atoms with Crippen molar-refractivity contribution >= 4 is 17.3 Å². The van der Waals surface area contributed by atoms with E-state index in [0.717, 1.165) is 37.0 Å². The van der Waals surface area contributed by atoms with Crippen molar-refractivity contribution in [2.45, 2.75) is 40.2 Å². The van der Waals surface area contributed by atoms with Crippen LogP contribution < -0.4 is 10.2 Å². The van der Waals surface area contributed by atoms with Gasteiger partial charge in [0.1, 0.15) is 0 Å². The molecule has 3 heteroatoms. The van der Waals surface area contributed by atoms with Gasteiger partial charge in [-0.2, -0.15) is 0 Å². The third kappa shape index (κ3) is 5.84. The Labute approximate surface area is 123 Å². The summed E-state index contributed by atoms with van der Waals surface area (Å²) in [7, 11) is 2.15. The molecule has 0 saturated carbocycles. The van der Waals surface area contributed by atoms with Gasteiger partial charge in [-0.3, -0.25) is 0 Å². The number of benzene rings is 1. The zero-order chi connectivity index (χ0) is 14.3. The molecular weight excluding hydrogens is 256 g/mol. The standard InChI is InChI=1S/C16H27ClN2/c1-5-9-18-12-14-6-7-15(17)11-16(14)19(4)10-8-13(2)3/h6-7,11,13,18H,5,8-10,12H2,1-4H3. The van der Waals surface area contributed by atoms with Crippen molar-refractivity contribution in [3.05, 3.63) is 28.8 Å². The molecule has 0 heterocycles. The smallest absolute Gasteiger partial charge is 0.0426 e. The molecule has 0 spiro atoms. The number of anilines is 1. The predicted octanol–water partition coefficient (Wildman–Crippen LogP) is 4.32. The topological polar surface area (TPSA) is 15.3 Å². The quantitative estimate of drug-likeness (QED) is 0.714. The second-order valence-corrected chi connectivity index (χ2v) is 5.99. The maximum Gasteiger partial charge on any atom is 0.0426 e. The average molecular weight is 283 g/mol. The van der Waals surface area contributed by atoms with Crippen LogP contribution in [0.15, 0.2) is 18.2 Å². The molecule has 0 aromatic heterocycles. The molecule has 0 fully saturated rings. The van der Waals surface area contributed by atoms with E-state index < -0.39 is 0 Å². The largest absolute Gasteiger partial charge is 0.374 e. The number of halogens is 1. The molecule has 2 nitrogen and oxygen atoms in total. The maximum absolute atomic E-state index is 6.14. The third-order valence-electron chi connectivity index (χ3n) is 3.24. The maximum atomic E-state index is 6.14. The Morgan fingerprint density at radius 3 is 2.68 bits per heavy atom. The highest BCUT2D eigenvalue weighted by Gasteiger charge is 2.09. The lowest BCUT2D eigenvalue weighted by Gasteiger charge is -2.24. The first-order valence-electron chi connectivity index (χ1n) is 7.24. The summed E-state index contributed by atoms with van der Waals surface area (Å²) in [5, 5.41) is 4.27. The zero-order valence-electron chi connectivity index (χ0n) is 12.7. The first kappa shape index (κ1) is 16.3. The van der Waals surface area contributed by atoms with Crippen molar-refractivity contribution in [1.29, 1.82) is 0 Å². The van der Waals surface area contributed by atoms with Crippen molar-refractivity contribution < 1.29 is 0 Å². The van der Waals surface area contributed by atoms with Crippen molar-refractivity contribution in [1.82, 2.24) is 5.32 Å².